The third-order valence-corrected chi connectivity index (χ3v) is 4.19. The number of aryl methyl sites for hydroxylation is 1. The Bertz CT molecular complexity index is 876. The van der Waals surface area contributed by atoms with E-state index in [1.54, 1.807) is 24.8 Å². The Morgan fingerprint density at radius 2 is 2.00 bits per heavy atom. The number of nitrogens with zero attached hydrogens (tertiary/aromatic N) is 2. The van der Waals surface area contributed by atoms with Crippen molar-refractivity contribution in [2.45, 2.75) is 26.7 Å². The normalized spacial score (nSPS) is 10.1. The lowest BCUT2D eigenvalue weighted by Gasteiger charge is -2.21. The third-order valence-electron chi connectivity index (χ3n) is 4.19. The number of H-pyrrole nitrogens is 1. The lowest BCUT2D eigenvalue weighted by atomic mass is 9.99. The number of anilines is 1. The lowest BCUT2D eigenvalue weighted by Crippen LogP contribution is -2.31. The Morgan fingerprint density at radius 1 is 1.32 bits per heavy atom. The SMILES string of the molecule is C=CCN(C(=O)CCc1c(C)[nH]c(=O)c(C#N)c1C)c1ccccc1. The fourth-order valence-electron chi connectivity index (χ4n) is 2.88. The summed E-state index contributed by atoms with van der Waals surface area (Å²) in [7, 11) is 0. The van der Waals surface area contributed by atoms with Crippen LogP contribution in [0.1, 0.15) is 28.8 Å². The van der Waals surface area contributed by atoms with Crippen molar-refractivity contribution in [1.29, 1.82) is 5.26 Å². The van der Waals surface area contributed by atoms with Crippen LogP contribution in [0.25, 0.3) is 0 Å². The number of hydrogen-bond donors (Lipinski definition) is 1. The van der Waals surface area contributed by atoms with E-state index < -0.39 is 0 Å². The van der Waals surface area contributed by atoms with E-state index in [9.17, 15) is 9.59 Å². The molecule has 0 bridgehead atoms. The largest absolute Gasteiger partial charge is 0.325 e. The van der Waals surface area contributed by atoms with Crippen molar-refractivity contribution in [3.8, 4) is 6.07 Å². The molecule has 2 aromatic rings. The molecule has 0 aliphatic heterocycles. The van der Waals surface area contributed by atoms with Crippen LogP contribution in [0.3, 0.4) is 0 Å². The van der Waals surface area contributed by atoms with E-state index in [2.05, 4.69) is 11.6 Å². The van der Waals surface area contributed by atoms with Crippen molar-refractivity contribution in [2.75, 3.05) is 11.4 Å². The number of nitrogens with one attached hydrogen (secondary N) is 1. The molecule has 1 heterocycles. The molecule has 0 radical (unpaired) electrons. The Hall–Kier alpha value is -3.13. The van der Waals surface area contributed by atoms with Crippen LogP contribution in [0.5, 0.6) is 0 Å². The van der Waals surface area contributed by atoms with Gasteiger partial charge in [-0.1, -0.05) is 24.3 Å². The molecule has 5 nitrogen and oxygen atoms in total. The highest BCUT2D eigenvalue weighted by Crippen LogP contribution is 2.18. The van der Waals surface area contributed by atoms with Gasteiger partial charge in [0.1, 0.15) is 11.6 Å². The van der Waals surface area contributed by atoms with Gasteiger partial charge in [-0.15, -0.1) is 6.58 Å². The number of rotatable bonds is 6. The van der Waals surface area contributed by atoms with Crippen LogP contribution in [0.4, 0.5) is 5.69 Å². The molecule has 25 heavy (non-hydrogen) atoms. The van der Waals surface area contributed by atoms with Crippen LogP contribution in [0.15, 0.2) is 47.8 Å². The minimum Gasteiger partial charge on any atom is -0.325 e. The zero-order valence-corrected chi connectivity index (χ0v) is 14.5. The zero-order valence-electron chi connectivity index (χ0n) is 14.5. The Kier molecular flexibility index (Phi) is 5.91. The zero-order chi connectivity index (χ0) is 18.4. The summed E-state index contributed by atoms with van der Waals surface area (Å²) in [6, 6.07) is 11.4. The number of benzene rings is 1. The van der Waals surface area contributed by atoms with Crippen molar-refractivity contribution in [1.82, 2.24) is 4.98 Å². The van der Waals surface area contributed by atoms with Gasteiger partial charge < -0.3 is 9.88 Å². The molecule has 1 amide bonds. The van der Waals surface area contributed by atoms with Gasteiger partial charge in [-0.3, -0.25) is 9.59 Å². The summed E-state index contributed by atoms with van der Waals surface area (Å²) in [5.41, 5.74) is 2.73. The fraction of sp³-hybridized carbons (Fsp3) is 0.250. The number of para-hydroxylation sites is 1. The minimum atomic E-state index is -0.384. The highest BCUT2D eigenvalue weighted by Gasteiger charge is 2.17. The molecule has 1 aromatic heterocycles. The smallest absolute Gasteiger partial charge is 0.266 e. The first kappa shape index (κ1) is 18.2. The van der Waals surface area contributed by atoms with Crippen LogP contribution in [0.2, 0.25) is 0 Å². The first-order valence-electron chi connectivity index (χ1n) is 8.08. The van der Waals surface area contributed by atoms with E-state index in [1.165, 1.54) is 0 Å². The van der Waals surface area contributed by atoms with Crippen molar-refractivity contribution < 1.29 is 4.79 Å². The van der Waals surface area contributed by atoms with Crippen molar-refractivity contribution in [2.24, 2.45) is 0 Å². The van der Waals surface area contributed by atoms with Gasteiger partial charge in [-0.2, -0.15) is 5.26 Å². The van der Waals surface area contributed by atoms with Crippen LogP contribution in [-0.2, 0) is 11.2 Å². The quantitative estimate of drug-likeness (QED) is 0.824. The molecule has 0 atom stereocenters. The predicted octanol–water partition coefficient (Wildman–Crippen LogP) is 3.02. The van der Waals surface area contributed by atoms with Crippen molar-refractivity contribution >= 4 is 11.6 Å². The number of carbonyl (C=O) groups excluding carboxylic acids is 1. The summed E-state index contributed by atoms with van der Waals surface area (Å²) in [5.74, 6) is -0.0328. The molecule has 1 aromatic carbocycles. The molecule has 128 valence electrons. The van der Waals surface area contributed by atoms with Crippen molar-refractivity contribution in [3.63, 3.8) is 0 Å². The fourth-order valence-corrected chi connectivity index (χ4v) is 2.88. The van der Waals surface area contributed by atoms with Gasteiger partial charge in [0.05, 0.1) is 0 Å². The molecule has 0 saturated heterocycles. The van der Waals surface area contributed by atoms with E-state index >= 15 is 0 Å². The van der Waals surface area contributed by atoms with Crippen LogP contribution >= 0.6 is 0 Å². The number of pyridine rings is 1. The number of amides is 1. The third kappa shape index (κ3) is 4.04. The number of carbonyl (C=O) groups is 1. The summed E-state index contributed by atoms with van der Waals surface area (Å²) in [6.45, 7) is 7.68. The van der Waals surface area contributed by atoms with Crippen LogP contribution in [0, 0.1) is 25.2 Å². The number of hydrogen-bond acceptors (Lipinski definition) is 3. The molecule has 0 saturated carbocycles. The highest BCUT2D eigenvalue weighted by molar-refractivity contribution is 5.93. The van der Waals surface area contributed by atoms with Gasteiger partial charge in [-0.05, 0) is 43.5 Å². The second kappa shape index (κ2) is 8.11. The maximum absolute atomic E-state index is 12.7. The average Bonchev–Trinajstić information content (AvgIpc) is 2.60. The van der Waals surface area contributed by atoms with Gasteiger partial charge in [0.25, 0.3) is 5.56 Å². The van der Waals surface area contributed by atoms with E-state index in [0.29, 0.717) is 24.2 Å². The summed E-state index contributed by atoms with van der Waals surface area (Å²) in [6.07, 6.45) is 2.43. The molecule has 1 N–H and O–H groups in total. The second-order valence-electron chi connectivity index (χ2n) is 5.80. The standard InChI is InChI=1S/C20H21N3O2/c1-4-12-23(16-8-6-5-7-9-16)19(24)11-10-17-14(2)18(13-21)20(25)22-15(17)3/h4-9H,1,10-12H2,2-3H3,(H,22,25). The highest BCUT2D eigenvalue weighted by atomic mass is 16.2. The van der Waals surface area contributed by atoms with E-state index in [4.69, 9.17) is 5.26 Å². The van der Waals surface area contributed by atoms with Gasteiger partial charge in [-0.25, -0.2) is 0 Å². The van der Waals surface area contributed by atoms with E-state index in [1.807, 2.05) is 36.4 Å². The monoisotopic (exact) mass is 335 g/mol. The molecule has 0 unspecified atom stereocenters. The molecule has 0 aliphatic rings. The summed E-state index contributed by atoms with van der Waals surface area (Å²) in [4.78, 5) is 28.9. The number of aromatic amines is 1. The van der Waals surface area contributed by atoms with Crippen LogP contribution < -0.4 is 10.5 Å². The molecule has 5 heteroatoms. The van der Waals surface area contributed by atoms with Gasteiger partial charge in [0, 0.05) is 24.3 Å². The molecule has 0 aliphatic carbocycles. The topological polar surface area (TPSA) is 77.0 Å². The Labute approximate surface area is 147 Å². The lowest BCUT2D eigenvalue weighted by molar-refractivity contribution is -0.118. The number of nitriles is 1. The minimum absolute atomic E-state index is 0.0328. The molecule has 2 rings (SSSR count). The van der Waals surface area contributed by atoms with Crippen molar-refractivity contribution in [3.05, 3.63) is 75.7 Å². The van der Waals surface area contributed by atoms with Crippen LogP contribution in [-0.4, -0.2) is 17.4 Å². The van der Waals surface area contributed by atoms with Gasteiger partial charge >= 0.3 is 0 Å². The summed E-state index contributed by atoms with van der Waals surface area (Å²) < 4.78 is 0. The van der Waals surface area contributed by atoms with E-state index in [0.717, 1.165) is 11.3 Å². The Morgan fingerprint density at radius 3 is 2.60 bits per heavy atom. The first-order valence-corrected chi connectivity index (χ1v) is 8.08. The van der Waals surface area contributed by atoms with Gasteiger partial charge in [0.2, 0.25) is 5.91 Å². The summed E-state index contributed by atoms with van der Waals surface area (Å²) in [5, 5.41) is 9.14. The van der Waals surface area contributed by atoms with Gasteiger partial charge in [0.15, 0.2) is 0 Å². The molecule has 0 spiro atoms. The summed E-state index contributed by atoms with van der Waals surface area (Å²) >= 11 is 0. The maximum atomic E-state index is 12.7. The first-order chi connectivity index (χ1) is 12.0. The van der Waals surface area contributed by atoms with E-state index in [-0.39, 0.29) is 23.5 Å². The Balaban J connectivity index is 2.23. The molecular weight excluding hydrogens is 314 g/mol. The average molecular weight is 335 g/mol. The second-order valence-corrected chi connectivity index (χ2v) is 5.80. The maximum Gasteiger partial charge on any atom is 0.266 e. The molecular formula is C20H21N3O2. The molecule has 0 fully saturated rings. The predicted molar refractivity (Wildman–Crippen MR) is 98.6 cm³/mol. The number of aromatic nitrogens is 1.